The Hall–Kier alpha value is -1.78. The van der Waals surface area contributed by atoms with Gasteiger partial charge in [0.2, 0.25) is 0 Å². The number of nitrogens with zero attached hydrogens (tertiary/aromatic N) is 1. The average molecular weight is 405 g/mol. The summed E-state index contributed by atoms with van der Waals surface area (Å²) in [5, 5.41) is 0. The fourth-order valence-corrected chi connectivity index (χ4v) is 4.56. The van der Waals surface area contributed by atoms with E-state index in [2.05, 4.69) is 88.2 Å². The second-order valence-electron chi connectivity index (χ2n) is 10.1. The Morgan fingerprint density at radius 2 is 1.40 bits per heavy atom. The highest BCUT2D eigenvalue weighted by atomic mass is 16.7. The van der Waals surface area contributed by atoms with Crippen LogP contribution >= 0.6 is 0 Å². The minimum Gasteiger partial charge on any atom is -0.399 e. The van der Waals surface area contributed by atoms with Gasteiger partial charge < -0.3 is 14.2 Å². The molecule has 0 bridgehead atoms. The van der Waals surface area contributed by atoms with Gasteiger partial charge in [0.05, 0.1) is 11.2 Å². The summed E-state index contributed by atoms with van der Waals surface area (Å²) in [6, 6.07) is 17.9. The van der Waals surface area contributed by atoms with Crippen molar-refractivity contribution in [2.75, 3.05) is 11.9 Å². The fourth-order valence-electron chi connectivity index (χ4n) is 4.56. The number of hydrogen-bond donors (Lipinski definition) is 0. The fraction of sp³-hybridized carbons (Fsp3) is 0.538. The smallest absolute Gasteiger partial charge is 0.399 e. The summed E-state index contributed by atoms with van der Waals surface area (Å²) in [5.41, 5.74) is 4.53. The Morgan fingerprint density at radius 3 is 1.97 bits per heavy atom. The molecule has 2 fully saturated rings. The van der Waals surface area contributed by atoms with Crippen molar-refractivity contribution >= 4 is 18.3 Å². The molecule has 2 aromatic carbocycles. The maximum atomic E-state index is 6.17. The third kappa shape index (κ3) is 4.45. The van der Waals surface area contributed by atoms with Gasteiger partial charge in [-0.2, -0.15) is 0 Å². The highest BCUT2D eigenvalue weighted by molar-refractivity contribution is 6.62. The Bertz CT molecular complexity index is 822. The summed E-state index contributed by atoms with van der Waals surface area (Å²) in [6.45, 7) is 9.27. The lowest BCUT2D eigenvalue weighted by Crippen LogP contribution is -2.41. The molecule has 4 rings (SSSR count). The van der Waals surface area contributed by atoms with E-state index in [9.17, 15) is 0 Å². The maximum Gasteiger partial charge on any atom is 0.494 e. The van der Waals surface area contributed by atoms with Crippen LogP contribution in [0.2, 0.25) is 0 Å². The second kappa shape index (κ2) is 8.40. The molecule has 0 N–H and O–H groups in total. The van der Waals surface area contributed by atoms with Crippen LogP contribution in [-0.4, -0.2) is 25.4 Å². The lowest BCUT2D eigenvalue weighted by Gasteiger charge is -2.32. The third-order valence-corrected chi connectivity index (χ3v) is 7.34. The van der Waals surface area contributed by atoms with E-state index in [1.165, 1.54) is 48.9 Å². The Kier molecular flexibility index (Phi) is 6.00. The first kappa shape index (κ1) is 21.5. The van der Waals surface area contributed by atoms with Crippen LogP contribution in [-0.2, 0) is 15.9 Å². The topological polar surface area (TPSA) is 21.7 Å². The molecule has 0 radical (unpaired) electrons. The minimum atomic E-state index is -0.309. The highest BCUT2D eigenvalue weighted by Gasteiger charge is 2.51. The molecule has 1 aliphatic carbocycles. The van der Waals surface area contributed by atoms with Crippen molar-refractivity contribution in [1.29, 1.82) is 0 Å². The number of rotatable bonds is 5. The molecule has 0 aromatic heterocycles. The number of anilines is 1. The van der Waals surface area contributed by atoms with E-state index in [-0.39, 0.29) is 18.3 Å². The summed E-state index contributed by atoms with van der Waals surface area (Å²) >= 11 is 0. The molecule has 2 aliphatic rings. The van der Waals surface area contributed by atoms with Gasteiger partial charge in [0.1, 0.15) is 0 Å². The van der Waals surface area contributed by atoms with Gasteiger partial charge in [-0.1, -0.05) is 55.7 Å². The van der Waals surface area contributed by atoms with Crippen LogP contribution in [0.4, 0.5) is 5.69 Å². The third-order valence-electron chi connectivity index (χ3n) is 7.34. The Morgan fingerprint density at radius 1 is 0.833 bits per heavy atom. The molecule has 160 valence electrons. The van der Waals surface area contributed by atoms with E-state index in [1.807, 2.05) is 0 Å². The standard InChI is InChI=1S/C26H36BNO2/c1-25(2)26(3,4)30-27(29-25)23-15-17-24(18-16-23)28(5)19-20-11-13-22(14-12-20)21-9-7-6-8-10-21/h11-18,21H,6-10,19H2,1-5H3. The van der Waals surface area contributed by atoms with Crippen LogP contribution in [0.5, 0.6) is 0 Å². The molecular formula is C26H36BNO2. The van der Waals surface area contributed by atoms with Crippen LogP contribution in [0.1, 0.15) is 76.8 Å². The summed E-state index contributed by atoms with van der Waals surface area (Å²) in [4.78, 5) is 2.30. The van der Waals surface area contributed by atoms with E-state index in [4.69, 9.17) is 9.31 Å². The van der Waals surface area contributed by atoms with Crippen LogP contribution in [0.15, 0.2) is 48.5 Å². The van der Waals surface area contributed by atoms with Gasteiger partial charge in [0.15, 0.2) is 0 Å². The predicted octanol–water partition coefficient (Wildman–Crippen LogP) is 5.67. The first-order valence-electron chi connectivity index (χ1n) is 11.5. The van der Waals surface area contributed by atoms with Gasteiger partial charge in [-0.3, -0.25) is 0 Å². The van der Waals surface area contributed by atoms with Crippen molar-refractivity contribution in [3.63, 3.8) is 0 Å². The molecule has 0 spiro atoms. The highest BCUT2D eigenvalue weighted by Crippen LogP contribution is 2.36. The van der Waals surface area contributed by atoms with E-state index in [0.29, 0.717) is 0 Å². The van der Waals surface area contributed by atoms with Gasteiger partial charge in [0.25, 0.3) is 0 Å². The molecule has 0 amide bonds. The monoisotopic (exact) mass is 405 g/mol. The zero-order valence-corrected chi connectivity index (χ0v) is 19.3. The maximum absolute atomic E-state index is 6.17. The molecule has 0 unspecified atom stereocenters. The van der Waals surface area contributed by atoms with Crippen LogP contribution < -0.4 is 10.4 Å². The Balaban J connectivity index is 1.38. The van der Waals surface area contributed by atoms with Gasteiger partial charge in [0, 0.05) is 19.3 Å². The first-order chi connectivity index (χ1) is 14.2. The summed E-state index contributed by atoms with van der Waals surface area (Å²) in [6.07, 6.45) is 6.89. The number of hydrogen-bond acceptors (Lipinski definition) is 3. The second-order valence-corrected chi connectivity index (χ2v) is 10.1. The van der Waals surface area contributed by atoms with E-state index in [1.54, 1.807) is 0 Å². The van der Waals surface area contributed by atoms with Crippen molar-refractivity contribution < 1.29 is 9.31 Å². The minimum absolute atomic E-state index is 0.304. The summed E-state index contributed by atoms with van der Waals surface area (Å²) in [7, 11) is 1.85. The van der Waals surface area contributed by atoms with Crippen molar-refractivity contribution in [2.24, 2.45) is 0 Å². The molecular weight excluding hydrogens is 369 g/mol. The van der Waals surface area contributed by atoms with Crippen LogP contribution in [0.25, 0.3) is 0 Å². The van der Waals surface area contributed by atoms with E-state index < -0.39 is 0 Å². The lowest BCUT2D eigenvalue weighted by atomic mass is 9.79. The molecule has 4 heteroatoms. The van der Waals surface area contributed by atoms with Gasteiger partial charge in [-0.05, 0) is 75.2 Å². The van der Waals surface area contributed by atoms with E-state index in [0.717, 1.165) is 17.9 Å². The quantitative estimate of drug-likeness (QED) is 0.599. The molecule has 1 heterocycles. The van der Waals surface area contributed by atoms with Crippen molar-refractivity contribution in [2.45, 2.75) is 83.5 Å². The van der Waals surface area contributed by atoms with E-state index >= 15 is 0 Å². The van der Waals surface area contributed by atoms with Crippen LogP contribution in [0.3, 0.4) is 0 Å². The van der Waals surface area contributed by atoms with Crippen molar-refractivity contribution in [1.82, 2.24) is 0 Å². The molecule has 0 atom stereocenters. The summed E-state index contributed by atoms with van der Waals surface area (Å²) < 4.78 is 12.3. The van der Waals surface area contributed by atoms with Crippen molar-refractivity contribution in [3.05, 3.63) is 59.7 Å². The summed E-state index contributed by atoms with van der Waals surface area (Å²) in [5.74, 6) is 0.771. The Labute approximate surface area is 182 Å². The molecule has 1 saturated carbocycles. The first-order valence-corrected chi connectivity index (χ1v) is 11.5. The molecule has 2 aromatic rings. The SMILES string of the molecule is CN(Cc1ccc(C2CCCCC2)cc1)c1ccc(B2OC(C)(C)C(C)(C)O2)cc1. The van der Waals surface area contributed by atoms with Gasteiger partial charge in [-0.15, -0.1) is 0 Å². The van der Waals surface area contributed by atoms with Crippen LogP contribution in [0, 0.1) is 0 Å². The normalized spacial score (nSPS) is 21.0. The van der Waals surface area contributed by atoms with Gasteiger partial charge in [-0.25, -0.2) is 0 Å². The lowest BCUT2D eigenvalue weighted by molar-refractivity contribution is 0.00578. The van der Waals surface area contributed by atoms with Crippen molar-refractivity contribution in [3.8, 4) is 0 Å². The predicted molar refractivity (Wildman–Crippen MR) is 127 cm³/mol. The molecule has 30 heavy (non-hydrogen) atoms. The molecule has 1 saturated heterocycles. The molecule has 3 nitrogen and oxygen atoms in total. The zero-order valence-electron chi connectivity index (χ0n) is 19.3. The number of benzene rings is 2. The zero-order chi connectivity index (χ0) is 21.4. The average Bonchev–Trinajstić information content (AvgIpc) is 2.96. The molecule has 1 aliphatic heterocycles. The van der Waals surface area contributed by atoms with Gasteiger partial charge >= 0.3 is 7.12 Å². The largest absolute Gasteiger partial charge is 0.494 e.